The molecular formula is C19H24ClN9S2. The minimum absolute atomic E-state index is 0. The quantitative estimate of drug-likeness (QED) is 0.280. The zero-order valence-corrected chi connectivity index (χ0v) is 20.2. The lowest BCUT2D eigenvalue weighted by Crippen LogP contribution is -2.19. The van der Waals surface area contributed by atoms with E-state index in [1.54, 1.807) is 21.0 Å². The van der Waals surface area contributed by atoms with Gasteiger partial charge in [-0.15, -0.1) is 22.6 Å². The Bertz CT molecular complexity index is 1140. The average molecular weight is 478 g/mol. The molecule has 0 saturated heterocycles. The van der Waals surface area contributed by atoms with Crippen molar-refractivity contribution in [1.82, 2.24) is 44.7 Å². The second-order valence-electron chi connectivity index (χ2n) is 7.21. The van der Waals surface area contributed by atoms with Gasteiger partial charge < -0.3 is 4.90 Å². The van der Waals surface area contributed by atoms with Gasteiger partial charge in [0, 0.05) is 18.0 Å². The van der Waals surface area contributed by atoms with E-state index in [9.17, 15) is 0 Å². The summed E-state index contributed by atoms with van der Waals surface area (Å²) in [7, 11) is 4.05. The first kappa shape index (κ1) is 23.5. The Kier molecular flexibility index (Phi) is 7.87. The van der Waals surface area contributed by atoms with Crippen LogP contribution >= 0.6 is 35.9 Å². The molecule has 0 saturated carbocycles. The number of nitrogens with zero attached hydrogens (tertiary/aromatic N) is 9. The third kappa shape index (κ3) is 5.94. The Hall–Kier alpha value is -2.21. The molecule has 0 aliphatic rings. The van der Waals surface area contributed by atoms with E-state index in [1.807, 2.05) is 27.1 Å². The number of hydrogen-bond acceptors (Lipinski definition) is 9. The highest BCUT2D eigenvalue weighted by Crippen LogP contribution is 2.27. The molecule has 0 N–H and O–H groups in total. The molecule has 0 amide bonds. The average Bonchev–Trinajstić information content (AvgIpc) is 3.32. The van der Waals surface area contributed by atoms with Gasteiger partial charge in [0.2, 0.25) is 10.3 Å². The predicted molar refractivity (Wildman–Crippen MR) is 124 cm³/mol. The lowest BCUT2D eigenvalue weighted by molar-refractivity contribution is 0.361. The van der Waals surface area contributed by atoms with Gasteiger partial charge in [-0.25, -0.2) is 9.67 Å². The van der Waals surface area contributed by atoms with E-state index in [1.165, 1.54) is 22.9 Å². The maximum absolute atomic E-state index is 4.67. The van der Waals surface area contributed by atoms with Crippen molar-refractivity contribution in [2.75, 3.05) is 20.6 Å². The van der Waals surface area contributed by atoms with Crippen LogP contribution in [0.3, 0.4) is 0 Å². The smallest absolute Gasteiger partial charge is 0.254 e. The van der Waals surface area contributed by atoms with Crippen LogP contribution in [0.25, 0.3) is 5.78 Å². The van der Waals surface area contributed by atoms with E-state index in [-0.39, 0.29) is 12.4 Å². The zero-order valence-electron chi connectivity index (χ0n) is 17.8. The molecule has 4 aromatic rings. The molecule has 0 radical (unpaired) electrons. The lowest BCUT2D eigenvalue weighted by Gasteiger charge is -2.10. The topological polar surface area (TPSA) is 89.9 Å². The van der Waals surface area contributed by atoms with Gasteiger partial charge in [-0.3, -0.25) is 0 Å². The molecule has 0 atom stereocenters. The van der Waals surface area contributed by atoms with E-state index in [4.69, 9.17) is 0 Å². The number of fused-ring (bicyclic) bond motifs is 1. The summed E-state index contributed by atoms with van der Waals surface area (Å²) >= 11 is 3.06. The normalized spacial score (nSPS) is 11.3. The standard InChI is InChI=1S/C19H23N9S2.ClH/c1-13-5-7-15(8-6-13)12-29-18-21-17-20-14(2)11-16(28(17)23-18)30-19-22-24-25-27(19)10-9-26(3)4;/h5-8,11H,9-10,12H2,1-4H3;1H. The minimum Gasteiger partial charge on any atom is -0.308 e. The second kappa shape index (κ2) is 10.4. The summed E-state index contributed by atoms with van der Waals surface area (Å²) in [6, 6.07) is 10.5. The maximum Gasteiger partial charge on any atom is 0.254 e. The molecule has 3 heterocycles. The van der Waals surface area contributed by atoms with Crippen LogP contribution in [0, 0.1) is 13.8 Å². The minimum atomic E-state index is 0. The van der Waals surface area contributed by atoms with Gasteiger partial charge in [-0.1, -0.05) is 41.6 Å². The third-order valence-corrected chi connectivity index (χ3v) is 6.21. The Morgan fingerprint density at radius 1 is 1.06 bits per heavy atom. The van der Waals surface area contributed by atoms with Gasteiger partial charge >= 0.3 is 0 Å². The van der Waals surface area contributed by atoms with E-state index >= 15 is 0 Å². The number of tetrazole rings is 1. The maximum atomic E-state index is 4.67. The van der Waals surface area contributed by atoms with Gasteiger partial charge in [0.1, 0.15) is 5.03 Å². The molecule has 3 aromatic heterocycles. The molecule has 0 bridgehead atoms. The van der Waals surface area contributed by atoms with Crippen LogP contribution in [0.1, 0.15) is 16.8 Å². The van der Waals surface area contributed by atoms with Crippen molar-refractivity contribution in [2.24, 2.45) is 0 Å². The van der Waals surface area contributed by atoms with Crippen LogP contribution in [0.15, 0.2) is 45.7 Å². The fourth-order valence-electron chi connectivity index (χ4n) is 2.70. The van der Waals surface area contributed by atoms with Crippen LogP contribution in [-0.4, -0.2) is 65.3 Å². The molecule has 12 heteroatoms. The molecule has 164 valence electrons. The summed E-state index contributed by atoms with van der Waals surface area (Å²) in [4.78, 5) is 11.2. The predicted octanol–water partition coefficient (Wildman–Crippen LogP) is 3.15. The molecule has 9 nitrogen and oxygen atoms in total. The van der Waals surface area contributed by atoms with Gasteiger partial charge in [-0.05, 0) is 61.8 Å². The lowest BCUT2D eigenvalue weighted by atomic mass is 10.2. The number of aromatic nitrogens is 8. The Morgan fingerprint density at radius 3 is 2.58 bits per heavy atom. The Morgan fingerprint density at radius 2 is 1.84 bits per heavy atom. The van der Waals surface area contributed by atoms with Crippen molar-refractivity contribution in [3.8, 4) is 0 Å². The van der Waals surface area contributed by atoms with Crippen LogP contribution in [-0.2, 0) is 12.3 Å². The van der Waals surface area contributed by atoms with Crippen LogP contribution in [0.4, 0.5) is 0 Å². The first-order chi connectivity index (χ1) is 14.5. The fourth-order valence-corrected chi connectivity index (χ4v) is 4.41. The number of benzene rings is 1. The number of halogens is 1. The molecule has 0 unspecified atom stereocenters. The summed E-state index contributed by atoms with van der Waals surface area (Å²) < 4.78 is 3.57. The molecule has 0 aliphatic carbocycles. The van der Waals surface area contributed by atoms with Crippen LogP contribution in [0.2, 0.25) is 0 Å². The van der Waals surface area contributed by atoms with E-state index in [2.05, 4.69) is 66.7 Å². The van der Waals surface area contributed by atoms with Gasteiger partial charge in [0.25, 0.3) is 5.78 Å². The first-order valence-electron chi connectivity index (χ1n) is 9.49. The molecule has 31 heavy (non-hydrogen) atoms. The van der Waals surface area contributed by atoms with Gasteiger partial charge in [0.05, 0.1) is 6.54 Å². The Labute approximate surface area is 195 Å². The largest absolute Gasteiger partial charge is 0.308 e. The summed E-state index contributed by atoms with van der Waals surface area (Å²) in [6.45, 7) is 5.61. The molecular weight excluding hydrogens is 454 g/mol. The second-order valence-corrected chi connectivity index (χ2v) is 9.14. The molecule has 0 spiro atoms. The molecule has 4 rings (SSSR count). The number of likely N-dealkylation sites (N-methyl/N-ethyl adjacent to an activating group) is 1. The van der Waals surface area contributed by atoms with Gasteiger partial charge in [0.15, 0.2) is 0 Å². The van der Waals surface area contributed by atoms with E-state index in [0.717, 1.165) is 23.0 Å². The van der Waals surface area contributed by atoms with Crippen molar-refractivity contribution >= 4 is 41.7 Å². The first-order valence-corrected chi connectivity index (χ1v) is 11.3. The highest BCUT2D eigenvalue weighted by atomic mass is 35.5. The summed E-state index contributed by atoms with van der Waals surface area (Å²) in [5.41, 5.74) is 3.37. The summed E-state index contributed by atoms with van der Waals surface area (Å²) in [5, 5.41) is 19.1. The highest BCUT2D eigenvalue weighted by Gasteiger charge is 2.15. The molecule has 0 aliphatic heterocycles. The summed E-state index contributed by atoms with van der Waals surface area (Å²) in [5.74, 6) is 1.39. The Balaban J connectivity index is 0.00000272. The third-order valence-electron chi connectivity index (χ3n) is 4.33. The molecule has 1 aromatic carbocycles. The number of hydrogen-bond donors (Lipinski definition) is 0. The number of aryl methyl sites for hydroxylation is 2. The van der Waals surface area contributed by atoms with E-state index < -0.39 is 0 Å². The van der Waals surface area contributed by atoms with Gasteiger partial charge in [-0.2, -0.15) is 9.50 Å². The van der Waals surface area contributed by atoms with Crippen molar-refractivity contribution in [1.29, 1.82) is 0 Å². The SMILES string of the molecule is Cc1ccc(CSc2nc3nc(C)cc(Sc4nnnn4CCN(C)C)n3n2)cc1.Cl. The number of thioether (sulfide) groups is 1. The highest BCUT2D eigenvalue weighted by molar-refractivity contribution is 7.99. The fraction of sp³-hybridized carbons (Fsp3) is 0.368. The monoisotopic (exact) mass is 477 g/mol. The van der Waals surface area contributed by atoms with Crippen LogP contribution in [0.5, 0.6) is 0 Å². The number of rotatable bonds is 8. The van der Waals surface area contributed by atoms with E-state index in [0.29, 0.717) is 22.6 Å². The van der Waals surface area contributed by atoms with Crippen molar-refractivity contribution in [3.05, 3.63) is 47.2 Å². The van der Waals surface area contributed by atoms with Crippen molar-refractivity contribution < 1.29 is 0 Å². The summed E-state index contributed by atoms with van der Waals surface area (Å²) in [6.07, 6.45) is 0. The zero-order chi connectivity index (χ0) is 21.1. The van der Waals surface area contributed by atoms with Crippen molar-refractivity contribution in [2.45, 2.75) is 41.5 Å². The molecule has 0 fully saturated rings. The van der Waals surface area contributed by atoms with Crippen molar-refractivity contribution in [3.63, 3.8) is 0 Å². The van der Waals surface area contributed by atoms with Crippen LogP contribution < -0.4 is 0 Å².